The van der Waals surface area contributed by atoms with Gasteiger partial charge in [0.05, 0.1) is 18.3 Å². The lowest BCUT2D eigenvalue weighted by atomic mass is 10.1. The fourth-order valence-electron chi connectivity index (χ4n) is 2.20. The molecule has 5 heteroatoms. The van der Waals surface area contributed by atoms with Gasteiger partial charge in [0.25, 0.3) is 0 Å². The number of aryl methyl sites for hydroxylation is 2. The first kappa shape index (κ1) is 12.2. The molecule has 1 N–H and O–H groups in total. The number of aromatic nitrogens is 1. The second-order valence-corrected chi connectivity index (χ2v) is 4.01. The molecule has 0 aliphatic rings. The van der Waals surface area contributed by atoms with Crippen molar-refractivity contribution < 1.29 is 14.3 Å². The Bertz CT molecular complexity index is 629. The summed E-state index contributed by atoms with van der Waals surface area (Å²) in [5, 5.41) is 3.45. The first-order chi connectivity index (χ1) is 8.61. The number of esters is 1. The summed E-state index contributed by atoms with van der Waals surface area (Å²) in [4.78, 5) is 22.5. The number of nitrogens with zero attached hydrogens (tertiary/aromatic N) is 1. The quantitative estimate of drug-likeness (QED) is 0.664. The molecule has 0 unspecified atom stereocenters. The Morgan fingerprint density at radius 3 is 2.78 bits per heavy atom. The van der Waals surface area contributed by atoms with Crippen molar-refractivity contribution in [1.82, 2.24) is 4.57 Å². The normalized spacial score (nSPS) is 10.4. The number of nitrogens with one attached hydrogen (secondary N) is 1. The molecule has 0 atom stereocenters. The Labute approximate surface area is 104 Å². The summed E-state index contributed by atoms with van der Waals surface area (Å²) in [6.07, 6.45) is 0.563. The van der Waals surface area contributed by atoms with Crippen molar-refractivity contribution in [2.45, 2.75) is 6.92 Å². The summed E-state index contributed by atoms with van der Waals surface area (Å²) in [6, 6.07) is 5.73. The van der Waals surface area contributed by atoms with Crippen LogP contribution >= 0.6 is 0 Å². The molecule has 2 rings (SSSR count). The average molecular weight is 246 g/mol. The number of rotatable bonds is 3. The predicted molar refractivity (Wildman–Crippen MR) is 68.7 cm³/mol. The fourth-order valence-corrected chi connectivity index (χ4v) is 2.20. The van der Waals surface area contributed by atoms with Crippen molar-refractivity contribution in [3.63, 3.8) is 0 Å². The van der Waals surface area contributed by atoms with Gasteiger partial charge < -0.3 is 14.6 Å². The lowest BCUT2D eigenvalue weighted by Gasteiger charge is -2.04. The summed E-state index contributed by atoms with van der Waals surface area (Å²) in [5.74, 6) is -0.475. The highest BCUT2D eigenvalue weighted by Crippen LogP contribution is 2.32. The van der Waals surface area contributed by atoms with Gasteiger partial charge in [0.1, 0.15) is 0 Å². The highest BCUT2D eigenvalue weighted by Gasteiger charge is 2.22. The topological polar surface area (TPSA) is 60.3 Å². The van der Waals surface area contributed by atoms with Crippen LogP contribution in [0.3, 0.4) is 0 Å². The number of carbonyl (C=O) groups is 2. The van der Waals surface area contributed by atoms with Gasteiger partial charge in [-0.1, -0.05) is 12.1 Å². The standard InChI is InChI=1S/C13H14N2O3/c1-8-5-4-6-9-10(8)11(14-7-16)12(15(9)2)13(17)18-3/h4-7H,1-3H3,(H,14,16). The van der Waals surface area contributed by atoms with E-state index in [0.29, 0.717) is 17.8 Å². The zero-order valence-corrected chi connectivity index (χ0v) is 10.5. The molecule has 18 heavy (non-hydrogen) atoms. The van der Waals surface area contributed by atoms with E-state index in [9.17, 15) is 9.59 Å². The monoisotopic (exact) mass is 246 g/mol. The molecule has 5 nitrogen and oxygen atoms in total. The van der Waals surface area contributed by atoms with E-state index in [2.05, 4.69) is 5.32 Å². The number of hydrogen-bond acceptors (Lipinski definition) is 3. The number of methoxy groups -OCH3 is 1. The molecule has 0 radical (unpaired) electrons. The Morgan fingerprint density at radius 1 is 1.44 bits per heavy atom. The SMILES string of the molecule is COC(=O)c1c(NC=O)c2c(C)cccc2n1C. The minimum absolute atomic E-state index is 0.342. The molecule has 0 saturated carbocycles. The van der Waals surface area contributed by atoms with Crippen LogP contribution in [0.4, 0.5) is 5.69 Å². The Hall–Kier alpha value is -2.30. The van der Waals surface area contributed by atoms with Crippen molar-refractivity contribution in [3.8, 4) is 0 Å². The summed E-state index contributed by atoms with van der Waals surface area (Å²) in [7, 11) is 3.08. The number of benzene rings is 1. The van der Waals surface area contributed by atoms with Crippen LogP contribution in [-0.2, 0) is 16.6 Å². The third-order valence-corrected chi connectivity index (χ3v) is 3.02. The maximum absolute atomic E-state index is 11.8. The lowest BCUT2D eigenvalue weighted by Crippen LogP contribution is -2.10. The molecule has 0 spiro atoms. The van der Waals surface area contributed by atoms with E-state index >= 15 is 0 Å². The van der Waals surface area contributed by atoms with Crippen molar-refractivity contribution in [2.75, 3.05) is 12.4 Å². The number of carbonyl (C=O) groups excluding carboxylic acids is 2. The van der Waals surface area contributed by atoms with E-state index in [1.165, 1.54) is 7.11 Å². The molecule has 0 bridgehead atoms. The smallest absolute Gasteiger partial charge is 0.356 e. The second kappa shape index (κ2) is 4.52. The number of amides is 1. The van der Waals surface area contributed by atoms with Gasteiger partial charge in [0, 0.05) is 12.4 Å². The Morgan fingerprint density at radius 2 is 2.17 bits per heavy atom. The van der Waals surface area contributed by atoms with Gasteiger partial charge in [0.2, 0.25) is 6.41 Å². The molecular formula is C13H14N2O3. The van der Waals surface area contributed by atoms with Gasteiger partial charge in [-0.3, -0.25) is 4.79 Å². The minimum atomic E-state index is -0.475. The molecular weight excluding hydrogens is 232 g/mol. The van der Waals surface area contributed by atoms with Gasteiger partial charge in [0.15, 0.2) is 5.69 Å². The highest BCUT2D eigenvalue weighted by molar-refractivity contribution is 6.10. The first-order valence-electron chi connectivity index (χ1n) is 5.48. The first-order valence-corrected chi connectivity index (χ1v) is 5.48. The van der Waals surface area contributed by atoms with Gasteiger partial charge in [-0.25, -0.2) is 4.79 Å². The van der Waals surface area contributed by atoms with Crippen LogP contribution in [-0.4, -0.2) is 24.1 Å². The fraction of sp³-hybridized carbons (Fsp3) is 0.231. The third-order valence-electron chi connectivity index (χ3n) is 3.02. The molecule has 0 aliphatic heterocycles. The molecule has 2 aromatic rings. The number of fused-ring (bicyclic) bond motifs is 1. The Balaban J connectivity index is 2.87. The van der Waals surface area contributed by atoms with E-state index in [1.807, 2.05) is 25.1 Å². The van der Waals surface area contributed by atoms with Crippen molar-refractivity contribution >= 4 is 29.0 Å². The zero-order valence-electron chi connectivity index (χ0n) is 10.5. The maximum atomic E-state index is 11.8. The van der Waals surface area contributed by atoms with Crippen LogP contribution in [0.5, 0.6) is 0 Å². The van der Waals surface area contributed by atoms with Crippen LogP contribution in [0, 0.1) is 6.92 Å². The maximum Gasteiger partial charge on any atom is 0.356 e. The molecule has 94 valence electrons. The zero-order chi connectivity index (χ0) is 13.3. The van der Waals surface area contributed by atoms with Crippen molar-refractivity contribution in [1.29, 1.82) is 0 Å². The average Bonchev–Trinajstić information content (AvgIpc) is 2.64. The van der Waals surface area contributed by atoms with E-state index < -0.39 is 5.97 Å². The van der Waals surface area contributed by atoms with Gasteiger partial charge >= 0.3 is 5.97 Å². The summed E-state index contributed by atoms with van der Waals surface area (Å²) < 4.78 is 6.48. The lowest BCUT2D eigenvalue weighted by molar-refractivity contribution is -0.105. The summed E-state index contributed by atoms with van der Waals surface area (Å²) >= 11 is 0. The number of anilines is 1. The molecule has 1 amide bonds. The molecule has 0 saturated heterocycles. The second-order valence-electron chi connectivity index (χ2n) is 4.01. The highest BCUT2D eigenvalue weighted by atomic mass is 16.5. The van der Waals surface area contributed by atoms with Crippen LogP contribution in [0.15, 0.2) is 18.2 Å². The van der Waals surface area contributed by atoms with E-state index in [-0.39, 0.29) is 0 Å². The minimum Gasteiger partial charge on any atom is -0.464 e. The third kappa shape index (κ3) is 1.64. The van der Waals surface area contributed by atoms with Crippen LogP contribution < -0.4 is 5.32 Å². The number of hydrogen-bond donors (Lipinski definition) is 1. The summed E-state index contributed by atoms with van der Waals surface area (Å²) in [6.45, 7) is 1.93. The van der Waals surface area contributed by atoms with Gasteiger partial charge in [-0.05, 0) is 18.6 Å². The largest absolute Gasteiger partial charge is 0.464 e. The Kier molecular flexibility index (Phi) is 3.06. The van der Waals surface area contributed by atoms with E-state index in [0.717, 1.165) is 16.5 Å². The predicted octanol–water partition coefficient (Wildman–Crippen LogP) is 1.84. The molecule has 1 aromatic heterocycles. The summed E-state index contributed by atoms with van der Waals surface area (Å²) in [5.41, 5.74) is 2.70. The molecule has 1 heterocycles. The van der Waals surface area contributed by atoms with E-state index in [1.54, 1.807) is 11.6 Å². The molecule has 1 aromatic carbocycles. The van der Waals surface area contributed by atoms with Crippen molar-refractivity contribution in [2.24, 2.45) is 7.05 Å². The van der Waals surface area contributed by atoms with Gasteiger partial charge in [-0.2, -0.15) is 0 Å². The van der Waals surface area contributed by atoms with Crippen LogP contribution in [0.2, 0.25) is 0 Å². The van der Waals surface area contributed by atoms with Gasteiger partial charge in [-0.15, -0.1) is 0 Å². The number of ether oxygens (including phenoxy) is 1. The van der Waals surface area contributed by atoms with Crippen molar-refractivity contribution in [3.05, 3.63) is 29.5 Å². The van der Waals surface area contributed by atoms with Crippen LogP contribution in [0.25, 0.3) is 10.9 Å². The molecule has 0 aliphatic carbocycles. The molecule has 0 fully saturated rings. The van der Waals surface area contributed by atoms with Crippen LogP contribution in [0.1, 0.15) is 16.1 Å². The van der Waals surface area contributed by atoms with E-state index in [4.69, 9.17) is 4.74 Å².